The van der Waals surface area contributed by atoms with Gasteiger partial charge in [0.25, 0.3) is 11.8 Å². The van der Waals surface area contributed by atoms with Crippen LogP contribution >= 0.6 is 0 Å². The highest BCUT2D eigenvalue weighted by atomic mass is 19.3. The molecule has 0 radical (unpaired) electrons. The third-order valence-electron chi connectivity index (χ3n) is 2.69. The molecule has 1 amide bonds. The van der Waals surface area contributed by atoms with Crippen molar-refractivity contribution in [3.05, 3.63) is 29.3 Å². The molecule has 4 nitrogen and oxygen atoms in total. The van der Waals surface area contributed by atoms with E-state index < -0.39 is 25.0 Å². The van der Waals surface area contributed by atoms with E-state index >= 15 is 0 Å². The van der Waals surface area contributed by atoms with Crippen LogP contribution in [0.4, 0.5) is 8.78 Å². The van der Waals surface area contributed by atoms with Gasteiger partial charge in [0.15, 0.2) is 0 Å². The number of hydrogen-bond donors (Lipinski definition) is 2. The monoisotopic (exact) mass is 257 g/mol. The van der Waals surface area contributed by atoms with Crippen LogP contribution in [0.1, 0.15) is 15.9 Å². The van der Waals surface area contributed by atoms with Gasteiger partial charge in [0.1, 0.15) is 12.4 Å². The third kappa shape index (κ3) is 2.76. The van der Waals surface area contributed by atoms with Gasteiger partial charge < -0.3 is 15.2 Å². The predicted octanol–water partition coefficient (Wildman–Crippen LogP) is 0.979. The van der Waals surface area contributed by atoms with Crippen molar-refractivity contribution >= 4 is 5.91 Å². The van der Waals surface area contributed by atoms with Crippen LogP contribution in [0, 0.1) is 0 Å². The number of alkyl halides is 2. The maximum absolute atomic E-state index is 12.8. The summed E-state index contributed by atoms with van der Waals surface area (Å²) in [5, 5.41) is 10.5. The van der Waals surface area contributed by atoms with Crippen LogP contribution in [-0.4, -0.2) is 36.7 Å². The number of nitrogens with one attached hydrogen (secondary N) is 1. The molecule has 1 aromatic carbocycles. The summed E-state index contributed by atoms with van der Waals surface area (Å²) in [6.45, 7) is -1.59. The third-order valence-corrected chi connectivity index (χ3v) is 2.69. The van der Waals surface area contributed by atoms with Crippen LogP contribution in [-0.2, 0) is 6.42 Å². The molecule has 6 heteroatoms. The molecule has 0 bridgehead atoms. The lowest BCUT2D eigenvalue weighted by atomic mass is 10.1. The van der Waals surface area contributed by atoms with Crippen LogP contribution in [0.25, 0.3) is 0 Å². The second-order valence-corrected chi connectivity index (χ2v) is 4.12. The summed E-state index contributed by atoms with van der Waals surface area (Å²) in [6, 6.07) is 4.81. The molecule has 0 aliphatic carbocycles. The normalized spacial score (nSPS) is 13.9. The Hall–Kier alpha value is -1.69. The topological polar surface area (TPSA) is 58.6 Å². The Balaban J connectivity index is 2.01. The molecule has 0 saturated carbocycles. The lowest BCUT2D eigenvalue weighted by molar-refractivity contribution is -0.0462. The summed E-state index contributed by atoms with van der Waals surface area (Å²) in [6.07, 6.45) is 0.712. The Kier molecular flexibility index (Phi) is 3.47. The molecular formula is C12H13F2NO3. The Morgan fingerprint density at radius 2 is 2.28 bits per heavy atom. The van der Waals surface area contributed by atoms with Crippen molar-refractivity contribution in [3.8, 4) is 5.75 Å². The van der Waals surface area contributed by atoms with E-state index in [2.05, 4.69) is 5.32 Å². The fourth-order valence-electron chi connectivity index (χ4n) is 1.70. The number of benzene rings is 1. The van der Waals surface area contributed by atoms with Gasteiger partial charge >= 0.3 is 0 Å². The van der Waals surface area contributed by atoms with Gasteiger partial charge in [-0.15, -0.1) is 0 Å². The van der Waals surface area contributed by atoms with E-state index in [9.17, 15) is 13.6 Å². The number of aliphatic hydroxyl groups excluding tert-OH is 1. The highest BCUT2D eigenvalue weighted by Crippen LogP contribution is 2.25. The summed E-state index contributed by atoms with van der Waals surface area (Å²) in [4.78, 5) is 11.6. The highest BCUT2D eigenvalue weighted by Gasteiger charge is 2.28. The first-order valence-electron chi connectivity index (χ1n) is 5.54. The van der Waals surface area contributed by atoms with E-state index in [-0.39, 0.29) is 0 Å². The van der Waals surface area contributed by atoms with Gasteiger partial charge in [-0.2, -0.15) is 0 Å². The van der Waals surface area contributed by atoms with Gasteiger partial charge in [-0.1, -0.05) is 0 Å². The molecule has 1 aromatic rings. The zero-order chi connectivity index (χ0) is 13.2. The van der Waals surface area contributed by atoms with Crippen molar-refractivity contribution in [2.24, 2.45) is 0 Å². The first-order chi connectivity index (χ1) is 8.52. The maximum atomic E-state index is 12.8. The highest BCUT2D eigenvalue weighted by molar-refractivity contribution is 5.94. The smallest absolute Gasteiger partial charge is 0.287 e. The molecule has 0 atom stereocenters. The molecule has 18 heavy (non-hydrogen) atoms. The van der Waals surface area contributed by atoms with Crippen LogP contribution < -0.4 is 10.1 Å². The van der Waals surface area contributed by atoms with Crippen molar-refractivity contribution in [1.82, 2.24) is 5.32 Å². The van der Waals surface area contributed by atoms with Crippen molar-refractivity contribution < 1.29 is 23.4 Å². The minimum absolute atomic E-state index is 0.313. The van der Waals surface area contributed by atoms with Gasteiger partial charge in [0.05, 0.1) is 13.2 Å². The Morgan fingerprint density at radius 1 is 1.50 bits per heavy atom. The van der Waals surface area contributed by atoms with E-state index in [0.717, 1.165) is 11.3 Å². The summed E-state index contributed by atoms with van der Waals surface area (Å²) < 4.78 is 30.8. The molecule has 0 aromatic heterocycles. The zero-order valence-corrected chi connectivity index (χ0v) is 9.58. The number of carbonyl (C=O) groups excluding carboxylic acids is 1. The standard InChI is InChI=1S/C12H13F2NO3/c13-12(14,7-16)6-15-11(17)9-1-2-10-8(5-9)3-4-18-10/h1-2,5,16H,3-4,6-7H2,(H,15,17). The number of carbonyl (C=O) groups is 1. The van der Waals surface area contributed by atoms with Gasteiger partial charge in [0, 0.05) is 12.0 Å². The van der Waals surface area contributed by atoms with Crippen molar-refractivity contribution in [2.75, 3.05) is 19.8 Å². The lowest BCUT2D eigenvalue weighted by Crippen LogP contribution is -2.38. The molecular weight excluding hydrogens is 244 g/mol. The predicted molar refractivity (Wildman–Crippen MR) is 60.0 cm³/mol. The van der Waals surface area contributed by atoms with Crippen LogP contribution in [0.2, 0.25) is 0 Å². The van der Waals surface area contributed by atoms with Gasteiger partial charge in [-0.25, -0.2) is 8.78 Å². The molecule has 2 rings (SSSR count). The first-order valence-corrected chi connectivity index (χ1v) is 5.54. The van der Waals surface area contributed by atoms with Gasteiger partial charge in [-0.3, -0.25) is 4.79 Å². The number of hydrogen-bond acceptors (Lipinski definition) is 3. The molecule has 0 saturated heterocycles. The Bertz CT molecular complexity index is 463. The Morgan fingerprint density at radius 3 is 3.00 bits per heavy atom. The summed E-state index contributed by atoms with van der Waals surface area (Å²) >= 11 is 0. The van der Waals surface area contributed by atoms with E-state index in [1.54, 1.807) is 12.1 Å². The van der Waals surface area contributed by atoms with Crippen molar-refractivity contribution in [3.63, 3.8) is 0 Å². The van der Waals surface area contributed by atoms with Crippen molar-refractivity contribution in [1.29, 1.82) is 0 Å². The molecule has 2 N–H and O–H groups in total. The summed E-state index contributed by atoms with van der Waals surface area (Å²) in [7, 11) is 0. The van der Waals surface area contributed by atoms with E-state index in [4.69, 9.17) is 9.84 Å². The molecule has 1 aliphatic rings. The molecule has 0 spiro atoms. The first kappa shape index (κ1) is 12.8. The quantitative estimate of drug-likeness (QED) is 0.845. The summed E-state index contributed by atoms with van der Waals surface area (Å²) in [5.41, 5.74) is 1.21. The second-order valence-electron chi connectivity index (χ2n) is 4.12. The number of amides is 1. The molecule has 0 fully saturated rings. The number of fused-ring (bicyclic) bond motifs is 1. The average molecular weight is 257 g/mol. The van der Waals surface area contributed by atoms with Crippen LogP contribution in [0.5, 0.6) is 5.75 Å². The van der Waals surface area contributed by atoms with E-state index in [0.29, 0.717) is 18.6 Å². The maximum Gasteiger partial charge on any atom is 0.287 e. The average Bonchev–Trinajstić information content (AvgIpc) is 2.83. The van der Waals surface area contributed by atoms with Crippen LogP contribution in [0.3, 0.4) is 0 Å². The second kappa shape index (κ2) is 4.89. The van der Waals surface area contributed by atoms with E-state index in [1.807, 2.05) is 0 Å². The summed E-state index contributed by atoms with van der Waals surface area (Å²) in [5.74, 6) is -3.15. The minimum atomic E-state index is -3.30. The number of rotatable bonds is 4. The number of halogens is 2. The molecule has 98 valence electrons. The van der Waals surface area contributed by atoms with E-state index in [1.165, 1.54) is 6.07 Å². The van der Waals surface area contributed by atoms with Crippen LogP contribution in [0.15, 0.2) is 18.2 Å². The molecule has 1 heterocycles. The van der Waals surface area contributed by atoms with Gasteiger partial charge in [-0.05, 0) is 23.8 Å². The Labute approximate surface area is 103 Å². The minimum Gasteiger partial charge on any atom is -0.493 e. The SMILES string of the molecule is O=C(NCC(F)(F)CO)c1ccc2c(c1)CCO2. The van der Waals surface area contributed by atoms with Crippen molar-refractivity contribution in [2.45, 2.75) is 12.3 Å². The number of ether oxygens (including phenoxy) is 1. The zero-order valence-electron chi connectivity index (χ0n) is 9.58. The largest absolute Gasteiger partial charge is 0.493 e. The number of aliphatic hydroxyl groups is 1. The van der Waals surface area contributed by atoms with Gasteiger partial charge in [0.2, 0.25) is 0 Å². The lowest BCUT2D eigenvalue weighted by Gasteiger charge is -2.14. The fraction of sp³-hybridized carbons (Fsp3) is 0.417. The molecule has 0 unspecified atom stereocenters. The molecule has 1 aliphatic heterocycles. The fourth-order valence-corrected chi connectivity index (χ4v) is 1.70.